The third kappa shape index (κ3) is 5.44. The lowest BCUT2D eigenvalue weighted by Gasteiger charge is -2.08. The second kappa shape index (κ2) is 9.69. The number of nitrogens with one attached hydrogen (secondary N) is 1. The van der Waals surface area contributed by atoms with E-state index in [4.69, 9.17) is 0 Å². The number of hydrogen-bond donors (Lipinski definition) is 1. The topological polar surface area (TPSA) is 59.8 Å². The van der Waals surface area contributed by atoms with Crippen molar-refractivity contribution in [1.82, 2.24) is 20.1 Å². The minimum atomic E-state index is -0.348. The normalized spacial score (nSPS) is 11.1. The zero-order valence-electron chi connectivity index (χ0n) is 16.9. The van der Waals surface area contributed by atoms with Gasteiger partial charge in [-0.3, -0.25) is 4.79 Å². The lowest BCUT2D eigenvalue weighted by atomic mass is 10.0. The number of amides is 1. The summed E-state index contributed by atoms with van der Waals surface area (Å²) >= 11 is 1.28. The van der Waals surface area contributed by atoms with Gasteiger partial charge in [0.15, 0.2) is 11.0 Å². The number of benzene rings is 2. The molecular formula is C22H25FN4OS. The summed E-state index contributed by atoms with van der Waals surface area (Å²) in [7, 11) is 1.77. The number of aromatic nitrogens is 3. The van der Waals surface area contributed by atoms with Crippen LogP contribution in [0.25, 0.3) is 11.4 Å². The lowest BCUT2D eigenvalue weighted by molar-refractivity contribution is -0.118. The summed E-state index contributed by atoms with van der Waals surface area (Å²) in [6, 6.07) is 14.9. The molecule has 29 heavy (non-hydrogen) atoms. The number of carbonyl (C=O) groups is 1. The van der Waals surface area contributed by atoms with Crippen LogP contribution in [-0.2, 0) is 18.3 Å². The third-order valence-electron chi connectivity index (χ3n) is 4.66. The molecule has 5 nitrogen and oxygen atoms in total. The van der Waals surface area contributed by atoms with Crippen LogP contribution in [0.2, 0.25) is 0 Å². The largest absolute Gasteiger partial charge is 0.355 e. The molecular weight excluding hydrogens is 387 g/mol. The van der Waals surface area contributed by atoms with Crippen LogP contribution in [0.15, 0.2) is 53.7 Å². The third-order valence-corrected chi connectivity index (χ3v) is 5.68. The highest BCUT2D eigenvalue weighted by atomic mass is 32.2. The van der Waals surface area contributed by atoms with E-state index >= 15 is 0 Å². The van der Waals surface area contributed by atoms with Gasteiger partial charge in [-0.2, -0.15) is 0 Å². The second-order valence-electron chi connectivity index (χ2n) is 7.13. The van der Waals surface area contributed by atoms with E-state index in [1.807, 2.05) is 0 Å². The summed E-state index contributed by atoms with van der Waals surface area (Å²) in [4.78, 5) is 12.1. The monoisotopic (exact) mass is 412 g/mol. The van der Waals surface area contributed by atoms with Crippen molar-refractivity contribution < 1.29 is 9.18 Å². The average Bonchev–Trinajstić information content (AvgIpc) is 3.07. The molecule has 0 aliphatic heterocycles. The first-order valence-electron chi connectivity index (χ1n) is 9.58. The lowest BCUT2D eigenvalue weighted by Crippen LogP contribution is -2.27. The standard InChI is InChI=1S/C22H25FN4OS/c1-15(2)17-10-8-16(9-11-17)12-13-24-20(28)14-29-22-26-25-21(27(22)3)18-6-4-5-7-19(18)23/h4-11,15H,12-14H2,1-3H3,(H,24,28). The molecule has 0 saturated heterocycles. The van der Waals surface area contributed by atoms with Gasteiger partial charge in [-0.15, -0.1) is 10.2 Å². The van der Waals surface area contributed by atoms with E-state index in [2.05, 4.69) is 53.6 Å². The molecule has 2 aromatic carbocycles. The summed E-state index contributed by atoms with van der Waals surface area (Å²) in [6.45, 7) is 4.92. The van der Waals surface area contributed by atoms with Crippen LogP contribution in [0, 0.1) is 5.82 Å². The van der Waals surface area contributed by atoms with Crippen LogP contribution in [-0.4, -0.2) is 33.0 Å². The number of nitrogens with zero attached hydrogens (tertiary/aromatic N) is 3. The van der Waals surface area contributed by atoms with Gasteiger partial charge < -0.3 is 9.88 Å². The fraction of sp³-hybridized carbons (Fsp3) is 0.318. The molecule has 3 rings (SSSR count). The van der Waals surface area contributed by atoms with Crippen molar-refractivity contribution in [2.24, 2.45) is 7.05 Å². The molecule has 152 valence electrons. The van der Waals surface area contributed by atoms with E-state index in [1.165, 1.54) is 29.0 Å². The predicted molar refractivity (Wildman–Crippen MR) is 114 cm³/mol. The van der Waals surface area contributed by atoms with Gasteiger partial charge in [-0.1, -0.05) is 62.0 Å². The highest BCUT2D eigenvalue weighted by Crippen LogP contribution is 2.24. The van der Waals surface area contributed by atoms with Gasteiger partial charge in [-0.05, 0) is 35.6 Å². The Kier molecular flexibility index (Phi) is 7.04. The summed E-state index contributed by atoms with van der Waals surface area (Å²) in [6.07, 6.45) is 0.788. The molecule has 0 unspecified atom stereocenters. The molecule has 1 heterocycles. The van der Waals surface area contributed by atoms with Crippen LogP contribution in [0.5, 0.6) is 0 Å². The van der Waals surface area contributed by atoms with Crippen molar-refractivity contribution in [3.63, 3.8) is 0 Å². The molecule has 0 bridgehead atoms. The first kappa shape index (κ1) is 21.0. The summed E-state index contributed by atoms with van der Waals surface area (Å²) < 4.78 is 15.7. The predicted octanol–water partition coefficient (Wildman–Crippen LogP) is 4.20. The van der Waals surface area contributed by atoms with Gasteiger partial charge >= 0.3 is 0 Å². The quantitative estimate of drug-likeness (QED) is 0.564. The van der Waals surface area contributed by atoms with E-state index in [1.54, 1.807) is 29.8 Å². The van der Waals surface area contributed by atoms with Crippen molar-refractivity contribution in [1.29, 1.82) is 0 Å². The van der Waals surface area contributed by atoms with Crippen molar-refractivity contribution in [2.75, 3.05) is 12.3 Å². The van der Waals surface area contributed by atoms with E-state index in [0.717, 1.165) is 6.42 Å². The molecule has 1 amide bonds. The molecule has 1 aromatic heterocycles. The fourth-order valence-corrected chi connectivity index (χ4v) is 3.66. The minimum absolute atomic E-state index is 0.0655. The molecule has 0 fully saturated rings. The van der Waals surface area contributed by atoms with Crippen molar-refractivity contribution in [2.45, 2.75) is 31.3 Å². The van der Waals surface area contributed by atoms with Gasteiger partial charge in [0.1, 0.15) is 5.82 Å². The van der Waals surface area contributed by atoms with Gasteiger partial charge in [0.2, 0.25) is 5.91 Å². The number of rotatable bonds is 8. The molecule has 1 N–H and O–H groups in total. The molecule has 0 spiro atoms. The van der Waals surface area contributed by atoms with Crippen LogP contribution < -0.4 is 5.32 Å². The maximum absolute atomic E-state index is 14.0. The number of hydrogen-bond acceptors (Lipinski definition) is 4. The average molecular weight is 413 g/mol. The molecule has 7 heteroatoms. The SMILES string of the molecule is CC(C)c1ccc(CCNC(=O)CSc2nnc(-c3ccccc3F)n2C)cc1. The molecule has 0 saturated carbocycles. The van der Waals surface area contributed by atoms with E-state index in [0.29, 0.717) is 29.0 Å². The van der Waals surface area contributed by atoms with E-state index in [-0.39, 0.29) is 17.5 Å². The highest BCUT2D eigenvalue weighted by Gasteiger charge is 2.15. The fourth-order valence-electron chi connectivity index (χ4n) is 2.91. The molecule has 3 aromatic rings. The zero-order valence-corrected chi connectivity index (χ0v) is 17.7. The Balaban J connectivity index is 1.48. The van der Waals surface area contributed by atoms with Crippen molar-refractivity contribution in [3.8, 4) is 11.4 Å². The van der Waals surface area contributed by atoms with Crippen LogP contribution in [0.4, 0.5) is 4.39 Å². The molecule has 0 atom stereocenters. The first-order valence-corrected chi connectivity index (χ1v) is 10.6. The number of carbonyl (C=O) groups excluding carboxylic acids is 1. The van der Waals surface area contributed by atoms with Crippen molar-refractivity contribution >= 4 is 17.7 Å². The van der Waals surface area contributed by atoms with Gasteiger partial charge in [0.05, 0.1) is 11.3 Å². The summed E-state index contributed by atoms with van der Waals surface area (Å²) in [5, 5.41) is 11.7. The van der Waals surface area contributed by atoms with Crippen LogP contribution >= 0.6 is 11.8 Å². The number of thioether (sulfide) groups is 1. The van der Waals surface area contributed by atoms with Crippen molar-refractivity contribution in [3.05, 3.63) is 65.5 Å². The second-order valence-corrected chi connectivity index (χ2v) is 8.07. The Morgan fingerprint density at radius 1 is 1.14 bits per heavy atom. The van der Waals surface area contributed by atoms with Gasteiger partial charge in [0.25, 0.3) is 0 Å². The Bertz CT molecular complexity index is 969. The van der Waals surface area contributed by atoms with Crippen LogP contribution in [0.3, 0.4) is 0 Å². The Labute approximate surface area is 174 Å². The van der Waals surface area contributed by atoms with Crippen LogP contribution in [0.1, 0.15) is 30.9 Å². The van der Waals surface area contributed by atoms with E-state index in [9.17, 15) is 9.18 Å². The first-order chi connectivity index (χ1) is 14.0. The Hall–Kier alpha value is -2.67. The Morgan fingerprint density at radius 2 is 1.86 bits per heavy atom. The van der Waals surface area contributed by atoms with Gasteiger partial charge in [-0.25, -0.2) is 4.39 Å². The number of halogens is 1. The molecule has 0 aliphatic rings. The minimum Gasteiger partial charge on any atom is -0.355 e. The smallest absolute Gasteiger partial charge is 0.230 e. The van der Waals surface area contributed by atoms with E-state index < -0.39 is 0 Å². The summed E-state index contributed by atoms with van der Waals surface area (Å²) in [5.74, 6) is 0.773. The maximum atomic E-state index is 14.0. The maximum Gasteiger partial charge on any atom is 0.230 e. The summed E-state index contributed by atoms with van der Waals surface area (Å²) in [5.41, 5.74) is 2.90. The zero-order chi connectivity index (χ0) is 20.8. The Morgan fingerprint density at radius 3 is 2.55 bits per heavy atom. The van der Waals surface area contributed by atoms with Gasteiger partial charge in [0, 0.05) is 13.6 Å². The highest BCUT2D eigenvalue weighted by molar-refractivity contribution is 7.99. The molecule has 0 aliphatic carbocycles. The molecule has 0 radical (unpaired) electrons.